The molecule has 0 fully saturated rings. The minimum Gasteiger partial charge on any atom is -0.481 e. The summed E-state index contributed by atoms with van der Waals surface area (Å²) in [6, 6.07) is 0. The van der Waals surface area contributed by atoms with E-state index in [-0.39, 0.29) is 12.0 Å². The van der Waals surface area contributed by atoms with Gasteiger partial charge in [-0.15, -0.1) is 0 Å². The zero-order valence-corrected chi connectivity index (χ0v) is 9.88. The van der Waals surface area contributed by atoms with E-state index in [9.17, 15) is 19.5 Å². The second-order valence-corrected chi connectivity index (χ2v) is 4.14. The molecule has 1 aliphatic rings. The van der Waals surface area contributed by atoms with Crippen LogP contribution in [-0.4, -0.2) is 33.7 Å². The van der Waals surface area contributed by atoms with Crippen molar-refractivity contribution in [3.05, 3.63) is 24.3 Å². The number of allylic oxidation sites excluding steroid dienone is 1. The predicted octanol–water partition coefficient (Wildman–Crippen LogP) is 0.980. The molecule has 1 aliphatic carbocycles. The van der Waals surface area contributed by atoms with Crippen LogP contribution in [-0.2, 0) is 19.1 Å². The first kappa shape index (κ1) is 14.0. The summed E-state index contributed by atoms with van der Waals surface area (Å²) in [6.45, 7) is 4.70. The number of carboxylic acid groups (broad SMARTS) is 2. The smallest absolute Gasteiger partial charge is 0.353 e. The molecule has 1 rings (SSSR count). The number of carbonyl (C=O) groups excluding carboxylic acids is 1. The fraction of sp³-hybridized carbons (Fsp3) is 0.417. The minimum atomic E-state index is -2.15. The third-order valence-electron chi connectivity index (χ3n) is 2.75. The molecular weight excluding hydrogens is 240 g/mol. The maximum Gasteiger partial charge on any atom is 0.353 e. The van der Waals surface area contributed by atoms with Gasteiger partial charge in [0.2, 0.25) is 5.60 Å². The number of carbonyl (C=O) groups is 3. The molecular formula is C12H14O6. The molecule has 6 nitrogen and oxygen atoms in total. The summed E-state index contributed by atoms with van der Waals surface area (Å²) in [7, 11) is 0. The van der Waals surface area contributed by atoms with Crippen molar-refractivity contribution in [1.82, 2.24) is 0 Å². The van der Waals surface area contributed by atoms with Gasteiger partial charge in [-0.1, -0.05) is 12.7 Å². The molecule has 2 N–H and O–H groups in total. The highest BCUT2D eigenvalue weighted by Crippen LogP contribution is 2.33. The molecule has 0 saturated heterocycles. The number of aliphatic carboxylic acids is 2. The number of rotatable bonds is 4. The monoisotopic (exact) mass is 254 g/mol. The predicted molar refractivity (Wildman–Crippen MR) is 60.8 cm³/mol. The molecule has 18 heavy (non-hydrogen) atoms. The Labute approximate surface area is 104 Å². The Morgan fingerprint density at radius 2 is 2.00 bits per heavy atom. The van der Waals surface area contributed by atoms with Crippen molar-refractivity contribution >= 4 is 17.9 Å². The third-order valence-corrected chi connectivity index (χ3v) is 2.75. The molecule has 6 heteroatoms. The van der Waals surface area contributed by atoms with E-state index in [1.54, 1.807) is 0 Å². The Morgan fingerprint density at radius 1 is 1.39 bits per heavy atom. The second kappa shape index (κ2) is 5.03. The van der Waals surface area contributed by atoms with E-state index in [1.807, 2.05) is 0 Å². The summed E-state index contributed by atoms with van der Waals surface area (Å²) in [5, 5.41) is 18.3. The van der Waals surface area contributed by atoms with Crippen molar-refractivity contribution < 1.29 is 29.3 Å². The van der Waals surface area contributed by atoms with E-state index < -0.39 is 29.4 Å². The number of hydrogen-bond donors (Lipinski definition) is 2. The second-order valence-electron chi connectivity index (χ2n) is 4.14. The van der Waals surface area contributed by atoms with Crippen molar-refractivity contribution in [3.8, 4) is 0 Å². The van der Waals surface area contributed by atoms with E-state index >= 15 is 0 Å². The Hall–Kier alpha value is -2.11. The molecule has 0 bridgehead atoms. The van der Waals surface area contributed by atoms with Crippen LogP contribution in [0.5, 0.6) is 0 Å². The normalized spacial score (nSPS) is 26.4. The average molecular weight is 254 g/mol. The molecule has 2 atom stereocenters. The number of hydrogen-bond acceptors (Lipinski definition) is 4. The lowest BCUT2D eigenvalue weighted by molar-refractivity contribution is -0.182. The molecule has 2 unspecified atom stereocenters. The standard InChI is InChI=1S/C12H14O6/c1-7(2)10(15)18-12(11(16)17)6-4-3-5-8(12)9(13)14/h4,6,8H,1,3,5H2,2H3,(H,13,14)(H,16,17). The van der Waals surface area contributed by atoms with Crippen LogP contribution in [0.25, 0.3) is 0 Å². The van der Waals surface area contributed by atoms with Gasteiger partial charge in [-0.25, -0.2) is 9.59 Å². The van der Waals surface area contributed by atoms with Crippen LogP contribution in [0.1, 0.15) is 19.8 Å². The number of esters is 1. The van der Waals surface area contributed by atoms with Crippen LogP contribution in [0, 0.1) is 5.92 Å². The van der Waals surface area contributed by atoms with Gasteiger partial charge >= 0.3 is 17.9 Å². The third kappa shape index (κ3) is 2.42. The van der Waals surface area contributed by atoms with Crippen LogP contribution in [0.2, 0.25) is 0 Å². The highest BCUT2D eigenvalue weighted by molar-refractivity contribution is 5.94. The summed E-state index contributed by atoms with van der Waals surface area (Å²) < 4.78 is 4.87. The zero-order chi connectivity index (χ0) is 13.9. The summed E-state index contributed by atoms with van der Waals surface area (Å²) >= 11 is 0. The Bertz CT molecular complexity index is 436. The van der Waals surface area contributed by atoms with Gasteiger partial charge in [0, 0.05) is 5.57 Å². The maximum atomic E-state index is 11.5. The van der Waals surface area contributed by atoms with Crippen LogP contribution in [0.3, 0.4) is 0 Å². The number of carboxylic acids is 2. The lowest BCUT2D eigenvalue weighted by Gasteiger charge is -2.33. The Morgan fingerprint density at radius 3 is 2.44 bits per heavy atom. The van der Waals surface area contributed by atoms with Crippen LogP contribution in [0.15, 0.2) is 24.3 Å². The highest BCUT2D eigenvalue weighted by Gasteiger charge is 2.52. The van der Waals surface area contributed by atoms with Gasteiger partial charge in [-0.2, -0.15) is 0 Å². The largest absolute Gasteiger partial charge is 0.481 e. The van der Waals surface area contributed by atoms with Crippen molar-refractivity contribution in [1.29, 1.82) is 0 Å². The Kier molecular flexibility index (Phi) is 3.90. The van der Waals surface area contributed by atoms with Crippen molar-refractivity contribution in [2.24, 2.45) is 5.92 Å². The van der Waals surface area contributed by atoms with Gasteiger partial charge in [0.15, 0.2) is 0 Å². The van der Waals surface area contributed by atoms with Gasteiger partial charge in [-0.3, -0.25) is 4.79 Å². The summed E-state index contributed by atoms with van der Waals surface area (Å²) in [5.74, 6) is -5.03. The first-order chi connectivity index (χ1) is 8.31. The fourth-order valence-electron chi connectivity index (χ4n) is 1.77. The minimum absolute atomic E-state index is 0.0127. The van der Waals surface area contributed by atoms with E-state index in [1.165, 1.54) is 13.0 Å². The van der Waals surface area contributed by atoms with Crippen LogP contribution >= 0.6 is 0 Å². The van der Waals surface area contributed by atoms with Gasteiger partial charge in [0.05, 0.1) is 0 Å². The molecule has 0 heterocycles. The lowest BCUT2D eigenvalue weighted by Crippen LogP contribution is -2.52. The van der Waals surface area contributed by atoms with E-state index in [4.69, 9.17) is 9.84 Å². The van der Waals surface area contributed by atoms with E-state index in [2.05, 4.69) is 6.58 Å². The summed E-state index contributed by atoms with van der Waals surface area (Å²) in [4.78, 5) is 33.9. The molecule has 0 spiro atoms. The molecule has 0 aliphatic heterocycles. The lowest BCUT2D eigenvalue weighted by atomic mass is 9.79. The molecule has 98 valence electrons. The van der Waals surface area contributed by atoms with Gasteiger partial charge in [0.25, 0.3) is 0 Å². The van der Waals surface area contributed by atoms with Crippen molar-refractivity contribution in [2.75, 3.05) is 0 Å². The first-order valence-corrected chi connectivity index (χ1v) is 5.34. The highest BCUT2D eigenvalue weighted by atomic mass is 16.6. The van der Waals surface area contributed by atoms with Gasteiger partial charge in [0.1, 0.15) is 5.92 Å². The zero-order valence-electron chi connectivity index (χ0n) is 9.88. The van der Waals surface area contributed by atoms with Gasteiger partial charge in [-0.05, 0) is 25.8 Å². The SMILES string of the molecule is C=C(C)C(=O)OC1(C(=O)O)C=CCCC1C(=O)O. The summed E-state index contributed by atoms with van der Waals surface area (Å²) in [6.07, 6.45) is 3.15. The maximum absolute atomic E-state index is 11.5. The first-order valence-electron chi connectivity index (χ1n) is 5.34. The van der Waals surface area contributed by atoms with Crippen LogP contribution < -0.4 is 0 Å². The van der Waals surface area contributed by atoms with Crippen molar-refractivity contribution in [3.63, 3.8) is 0 Å². The molecule has 0 aromatic heterocycles. The van der Waals surface area contributed by atoms with Gasteiger partial charge < -0.3 is 14.9 Å². The quantitative estimate of drug-likeness (QED) is 0.440. The topological polar surface area (TPSA) is 101 Å². The van der Waals surface area contributed by atoms with E-state index in [0.717, 1.165) is 6.08 Å². The molecule has 0 aromatic rings. The number of ether oxygens (including phenoxy) is 1. The molecule has 0 amide bonds. The summed E-state index contributed by atoms with van der Waals surface area (Å²) in [5.41, 5.74) is -2.14. The molecule has 0 saturated carbocycles. The molecule has 0 aromatic carbocycles. The van der Waals surface area contributed by atoms with Crippen LogP contribution in [0.4, 0.5) is 0 Å². The molecule has 0 radical (unpaired) electrons. The van der Waals surface area contributed by atoms with E-state index in [0.29, 0.717) is 6.42 Å². The fourth-order valence-corrected chi connectivity index (χ4v) is 1.77. The average Bonchev–Trinajstić information content (AvgIpc) is 2.28. The van der Waals surface area contributed by atoms with Crippen molar-refractivity contribution in [2.45, 2.75) is 25.4 Å². The Balaban J connectivity index is 3.19.